The fourth-order valence-corrected chi connectivity index (χ4v) is 4.11. The SMILES string of the molecule is COc1ccc(CNc2ncnc3scc(-c4ccc(C(C)C)cc4)c23)cc1. The average molecular weight is 390 g/mol. The van der Waals surface area contributed by atoms with E-state index in [0.29, 0.717) is 12.5 Å². The number of nitrogens with one attached hydrogen (secondary N) is 1. The van der Waals surface area contributed by atoms with Gasteiger partial charge in [-0.2, -0.15) is 0 Å². The van der Waals surface area contributed by atoms with Crippen LogP contribution in [0, 0.1) is 0 Å². The Hall–Kier alpha value is -2.92. The standard InChI is InChI=1S/C23H23N3OS/c1-15(2)17-6-8-18(9-7-17)20-13-28-23-21(20)22(25-14-26-23)24-12-16-4-10-19(27-3)11-5-16/h4-11,13-15H,12H2,1-3H3,(H,24,25,26). The lowest BCUT2D eigenvalue weighted by Gasteiger charge is -2.10. The molecule has 0 fully saturated rings. The average Bonchev–Trinajstić information content (AvgIpc) is 3.17. The Labute approximate surface area is 169 Å². The maximum Gasteiger partial charge on any atom is 0.139 e. The van der Waals surface area contributed by atoms with Gasteiger partial charge in [0.15, 0.2) is 0 Å². The van der Waals surface area contributed by atoms with Crippen LogP contribution in [-0.4, -0.2) is 17.1 Å². The molecule has 0 saturated carbocycles. The van der Waals surface area contributed by atoms with Crippen molar-refractivity contribution in [2.45, 2.75) is 26.3 Å². The number of hydrogen-bond donors (Lipinski definition) is 1. The quantitative estimate of drug-likeness (QED) is 0.433. The monoisotopic (exact) mass is 389 g/mol. The zero-order valence-electron chi connectivity index (χ0n) is 16.3. The first-order chi connectivity index (χ1) is 13.7. The van der Waals surface area contributed by atoms with E-state index in [0.717, 1.165) is 21.8 Å². The predicted octanol–water partition coefficient (Wildman–Crippen LogP) is 6.10. The van der Waals surface area contributed by atoms with Gasteiger partial charge in [0.1, 0.15) is 22.7 Å². The largest absolute Gasteiger partial charge is 0.497 e. The third kappa shape index (κ3) is 3.71. The van der Waals surface area contributed by atoms with Gasteiger partial charge < -0.3 is 10.1 Å². The minimum absolute atomic E-state index is 0.526. The molecule has 0 amide bonds. The minimum atomic E-state index is 0.526. The first-order valence-corrected chi connectivity index (χ1v) is 10.2. The molecule has 4 rings (SSSR count). The third-order valence-electron chi connectivity index (χ3n) is 4.88. The first-order valence-electron chi connectivity index (χ1n) is 9.35. The number of methoxy groups -OCH3 is 1. The lowest BCUT2D eigenvalue weighted by Crippen LogP contribution is -2.02. The van der Waals surface area contributed by atoms with Crippen LogP contribution >= 0.6 is 11.3 Å². The predicted molar refractivity (Wildman–Crippen MR) is 117 cm³/mol. The molecule has 0 aliphatic carbocycles. The van der Waals surface area contributed by atoms with Crippen molar-refractivity contribution in [2.24, 2.45) is 0 Å². The van der Waals surface area contributed by atoms with Crippen LogP contribution in [0.3, 0.4) is 0 Å². The van der Waals surface area contributed by atoms with Gasteiger partial charge in [-0.1, -0.05) is 50.2 Å². The summed E-state index contributed by atoms with van der Waals surface area (Å²) in [5.41, 5.74) is 4.88. The highest BCUT2D eigenvalue weighted by atomic mass is 32.1. The molecule has 2 heterocycles. The number of benzene rings is 2. The van der Waals surface area contributed by atoms with Gasteiger partial charge in [0.25, 0.3) is 0 Å². The van der Waals surface area contributed by atoms with Crippen LogP contribution < -0.4 is 10.1 Å². The minimum Gasteiger partial charge on any atom is -0.497 e. The second kappa shape index (κ2) is 7.98. The molecule has 0 saturated heterocycles. The van der Waals surface area contributed by atoms with E-state index in [1.54, 1.807) is 24.8 Å². The van der Waals surface area contributed by atoms with E-state index >= 15 is 0 Å². The smallest absolute Gasteiger partial charge is 0.139 e. The number of rotatable bonds is 6. The van der Waals surface area contributed by atoms with Crippen LogP contribution in [0.4, 0.5) is 5.82 Å². The highest BCUT2D eigenvalue weighted by Crippen LogP contribution is 2.37. The molecule has 4 nitrogen and oxygen atoms in total. The number of nitrogens with zero attached hydrogens (tertiary/aromatic N) is 2. The van der Waals surface area contributed by atoms with Crippen molar-refractivity contribution >= 4 is 27.4 Å². The van der Waals surface area contributed by atoms with Crippen LogP contribution in [-0.2, 0) is 6.54 Å². The Balaban J connectivity index is 1.64. The molecule has 0 atom stereocenters. The second-order valence-corrected chi connectivity index (χ2v) is 7.89. The van der Waals surface area contributed by atoms with Crippen LogP contribution in [0.15, 0.2) is 60.2 Å². The van der Waals surface area contributed by atoms with Crippen molar-refractivity contribution in [1.29, 1.82) is 0 Å². The van der Waals surface area contributed by atoms with Crippen molar-refractivity contribution in [3.8, 4) is 16.9 Å². The van der Waals surface area contributed by atoms with Gasteiger partial charge >= 0.3 is 0 Å². The van der Waals surface area contributed by atoms with Crippen LogP contribution in [0.5, 0.6) is 5.75 Å². The van der Waals surface area contributed by atoms with E-state index in [2.05, 4.69) is 70.9 Å². The zero-order chi connectivity index (χ0) is 19.5. The Kier molecular flexibility index (Phi) is 5.26. The molecule has 4 aromatic rings. The summed E-state index contributed by atoms with van der Waals surface area (Å²) in [6, 6.07) is 16.9. The topological polar surface area (TPSA) is 47.0 Å². The molecule has 2 aromatic carbocycles. The fourth-order valence-electron chi connectivity index (χ4n) is 3.20. The van der Waals surface area contributed by atoms with E-state index < -0.39 is 0 Å². The molecule has 5 heteroatoms. The van der Waals surface area contributed by atoms with Gasteiger partial charge in [-0.05, 0) is 34.7 Å². The molecule has 0 radical (unpaired) electrons. The summed E-state index contributed by atoms with van der Waals surface area (Å²) < 4.78 is 5.23. The molecule has 1 N–H and O–H groups in total. The summed E-state index contributed by atoms with van der Waals surface area (Å²) in [7, 11) is 1.68. The molecule has 142 valence electrons. The van der Waals surface area contributed by atoms with Crippen LogP contribution in [0.1, 0.15) is 30.9 Å². The Bertz CT molecular complexity index is 1070. The van der Waals surface area contributed by atoms with E-state index in [1.165, 1.54) is 22.3 Å². The number of aromatic nitrogens is 2. The lowest BCUT2D eigenvalue weighted by atomic mass is 9.99. The van der Waals surface area contributed by atoms with Crippen LogP contribution in [0.2, 0.25) is 0 Å². The molecule has 2 aromatic heterocycles. The number of ether oxygens (including phenoxy) is 1. The Morgan fingerprint density at radius 3 is 2.43 bits per heavy atom. The normalized spacial score (nSPS) is 11.1. The van der Waals surface area contributed by atoms with Gasteiger partial charge in [0.2, 0.25) is 0 Å². The third-order valence-corrected chi connectivity index (χ3v) is 5.76. The molecule has 28 heavy (non-hydrogen) atoms. The summed E-state index contributed by atoms with van der Waals surface area (Å²) in [6.07, 6.45) is 1.63. The summed E-state index contributed by atoms with van der Waals surface area (Å²) in [4.78, 5) is 9.98. The van der Waals surface area contributed by atoms with Gasteiger partial charge in [-0.25, -0.2) is 9.97 Å². The zero-order valence-corrected chi connectivity index (χ0v) is 17.1. The van der Waals surface area contributed by atoms with Crippen LogP contribution in [0.25, 0.3) is 21.3 Å². The lowest BCUT2D eigenvalue weighted by molar-refractivity contribution is 0.414. The van der Waals surface area contributed by atoms with Gasteiger partial charge in [0, 0.05) is 17.5 Å². The number of thiophene rings is 1. The second-order valence-electron chi connectivity index (χ2n) is 7.03. The summed E-state index contributed by atoms with van der Waals surface area (Å²) in [6.45, 7) is 5.12. The molecule has 0 bridgehead atoms. The molecule has 0 aliphatic rings. The maximum atomic E-state index is 5.23. The van der Waals surface area contributed by atoms with Crippen molar-refractivity contribution in [2.75, 3.05) is 12.4 Å². The van der Waals surface area contributed by atoms with E-state index in [1.807, 2.05) is 12.1 Å². The Morgan fingerprint density at radius 2 is 1.75 bits per heavy atom. The highest BCUT2D eigenvalue weighted by Gasteiger charge is 2.13. The van der Waals surface area contributed by atoms with Crippen molar-refractivity contribution in [3.63, 3.8) is 0 Å². The van der Waals surface area contributed by atoms with Crippen molar-refractivity contribution in [1.82, 2.24) is 9.97 Å². The number of fused-ring (bicyclic) bond motifs is 1. The molecule has 0 aliphatic heterocycles. The highest BCUT2D eigenvalue weighted by molar-refractivity contribution is 7.17. The summed E-state index contributed by atoms with van der Waals surface area (Å²) >= 11 is 1.65. The summed E-state index contributed by atoms with van der Waals surface area (Å²) in [5, 5.41) is 6.73. The maximum absolute atomic E-state index is 5.23. The molecular weight excluding hydrogens is 366 g/mol. The van der Waals surface area contributed by atoms with E-state index in [-0.39, 0.29) is 0 Å². The van der Waals surface area contributed by atoms with E-state index in [9.17, 15) is 0 Å². The molecule has 0 unspecified atom stereocenters. The molecular formula is C23H23N3OS. The number of hydrogen-bond acceptors (Lipinski definition) is 5. The van der Waals surface area contributed by atoms with Gasteiger partial charge in [-0.15, -0.1) is 11.3 Å². The van der Waals surface area contributed by atoms with Gasteiger partial charge in [-0.3, -0.25) is 0 Å². The van der Waals surface area contributed by atoms with Crippen molar-refractivity contribution < 1.29 is 4.74 Å². The number of anilines is 1. The van der Waals surface area contributed by atoms with E-state index in [4.69, 9.17) is 4.74 Å². The molecule has 0 spiro atoms. The van der Waals surface area contributed by atoms with Gasteiger partial charge in [0.05, 0.1) is 12.5 Å². The Morgan fingerprint density at radius 1 is 1.00 bits per heavy atom. The summed E-state index contributed by atoms with van der Waals surface area (Å²) in [5.74, 6) is 2.25. The fraction of sp³-hybridized carbons (Fsp3) is 0.217. The first kappa shape index (κ1) is 18.4. The van der Waals surface area contributed by atoms with Crippen molar-refractivity contribution in [3.05, 3.63) is 71.4 Å².